The van der Waals surface area contributed by atoms with Crippen LogP contribution in [0.1, 0.15) is 36.2 Å². The Balaban J connectivity index is 2.70. The van der Waals surface area contributed by atoms with Crippen LogP contribution >= 0.6 is 27.5 Å². The Kier molecular flexibility index (Phi) is 5.47. The number of benzene rings is 1. The molecule has 0 aliphatic rings. The molecule has 0 saturated carbocycles. The molecule has 0 saturated heterocycles. The Morgan fingerprint density at radius 3 is 2.65 bits per heavy atom. The van der Waals surface area contributed by atoms with Crippen LogP contribution in [-0.4, -0.2) is 16.8 Å². The van der Waals surface area contributed by atoms with E-state index in [0.717, 1.165) is 12.0 Å². The number of halogens is 2. The fraction of sp³-hybridized carbons (Fsp3) is 0.462. The van der Waals surface area contributed by atoms with E-state index >= 15 is 0 Å². The number of hydrogen-bond donors (Lipinski definition) is 1. The molecule has 0 radical (unpaired) electrons. The zero-order valence-electron chi connectivity index (χ0n) is 10.3. The first kappa shape index (κ1) is 14.5. The molecule has 0 spiro atoms. The molecule has 1 aromatic rings. The van der Waals surface area contributed by atoms with Crippen molar-refractivity contribution in [2.75, 3.05) is 0 Å². The molecule has 94 valence electrons. The normalized spacial score (nSPS) is 14.2. The quantitative estimate of drug-likeness (QED) is 0.837. The first-order valence-electron chi connectivity index (χ1n) is 5.61. The van der Waals surface area contributed by atoms with Gasteiger partial charge >= 0.3 is 0 Å². The van der Waals surface area contributed by atoms with Crippen molar-refractivity contribution in [2.24, 2.45) is 0 Å². The average molecular weight is 319 g/mol. The molecule has 1 aromatic carbocycles. The van der Waals surface area contributed by atoms with Gasteiger partial charge in [0.05, 0.1) is 10.6 Å². The lowest BCUT2D eigenvalue weighted by Gasteiger charge is -2.15. The van der Waals surface area contributed by atoms with Crippen molar-refractivity contribution in [3.05, 3.63) is 34.3 Å². The SMILES string of the molecule is Cc1ccc(C(=O)NC(C)CC(C)Br)c(Cl)c1. The Labute approximate surface area is 116 Å². The molecule has 1 N–H and O–H groups in total. The van der Waals surface area contributed by atoms with Crippen molar-refractivity contribution in [1.82, 2.24) is 5.32 Å². The summed E-state index contributed by atoms with van der Waals surface area (Å²) in [6.45, 7) is 5.99. The lowest BCUT2D eigenvalue weighted by Crippen LogP contribution is -2.34. The Hall–Kier alpha value is -0.540. The standard InChI is InChI=1S/C13H17BrClNO/c1-8-4-5-11(12(15)6-8)13(17)16-10(3)7-9(2)14/h4-6,9-10H,7H2,1-3H3,(H,16,17). The first-order valence-corrected chi connectivity index (χ1v) is 6.90. The van der Waals surface area contributed by atoms with Gasteiger partial charge in [-0.1, -0.05) is 40.5 Å². The molecule has 17 heavy (non-hydrogen) atoms. The van der Waals surface area contributed by atoms with E-state index in [4.69, 9.17) is 11.6 Å². The minimum Gasteiger partial charge on any atom is -0.350 e. The number of nitrogens with one attached hydrogen (secondary N) is 1. The number of hydrogen-bond acceptors (Lipinski definition) is 1. The Morgan fingerprint density at radius 1 is 1.47 bits per heavy atom. The van der Waals surface area contributed by atoms with Crippen LogP contribution in [0.3, 0.4) is 0 Å². The third-order valence-corrected chi connectivity index (χ3v) is 3.11. The largest absolute Gasteiger partial charge is 0.350 e. The van der Waals surface area contributed by atoms with Gasteiger partial charge < -0.3 is 5.32 Å². The van der Waals surface area contributed by atoms with Crippen LogP contribution in [-0.2, 0) is 0 Å². The predicted octanol–water partition coefficient (Wildman–Crippen LogP) is 3.94. The zero-order chi connectivity index (χ0) is 13.0. The van der Waals surface area contributed by atoms with Gasteiger partial charge in [-0.15, -0.1) is 0 Å². The third kappa shape index (κ3) is 4.68. The van der Waals surface area contributed by atoms with Gasteiger partial charge in [-0.3, -0.25) is 4.79 Å². The second-order valence-corrected chi connectivity index (χ2v) is 6.34. The molecule has 4 heteroatoms. The fourth-order valence-electron chi connectivity index (χ4n) is 1.65. The van der Waals surface area contributed by atoms with E-state index < -0.39 is 0 Å². The molecule has 2 nitrogen and oxygen atoms in total. The van der Waals surface area contributed by atoms with E-state index in [0.29, 0.717) is 15.4 Å². The Bertz CT molecular complexity index is 406. The van der Waals surface area contributed by atoms with Crippen LogP contribution < -0.4 is 5.32 Å². The molecular weight excluding hydrogens is 302 g/mol. The number of amides is 1. The second-order valence-electron chi connectivity index (χ2n) is 4.37. The predicted molar refractivity (Wildman–Crippen MR) is 76.1 cm³/mol. The molecular formula is C13H17BrClNO. The minimum atomic E-state index is -0.115. The summed E-state index contributed by atoms with van der Waals surface area (Å²) < 4.78 is 0. The highest BCUT2D eigenvalue weighted by atomic mass is 79.9. The first-order chi connectivity index (χ1) is 7.90. The zero-order valence-corrected chi connectivity index (χ0v) is 12.6. The molecule has 0 aliphatic heterocycles. The summed E-state index contributed by atoms with van der Waals surface area (Å²) in [5.41, 5.74) is 1.58. The van der Waals surface area contributed by atoms with Crippen molar-refractivity contribution >= 4 is 33.4 Å². The highest BCUT2D eigenvalue weighted by molar-refractivity contribution is 9.09. The maximum absolute atomic E-state index is 12.0. The highest BCUT2D eigenvalue weighted by Gasteiger charge is 2.14. The maximum atomic E-state index is 12.0. The van der Waals surface area contributed by atoms with E-state index in [1.165, 1.54) is 0 Å². The summed E-state index contributed by atoms with van der Waals surface area (Å²) in [5.74, 6) is -0.115. The number of alkyl halides is 1. The van der Waals surface area contributed by atoms with Crippen molar-refractivity contribution < 1.29 is 4.79 Å². The third-order valence-electron chi connectivity index (χ3n) is 2.43. The van der Waals surface area contributed by atoms with Gasteiger partial charge in [-0.2, -0.15) is 0 Å². The molecule has 0 heterocycles. The van der Waals surface area contributed by atoms with Crippen LogP contribution in [0.5, 0.6) is 0 Å². The van der Waals surface area contributed by atoms with Crippen LogP contribution in [0.4, 0.5) is 0 Å². The van der Waals surface area contributed by atoms with Crippen molar-refractivity contribution in [3.8, 4) is 0 Å². The van der Waals surface area contributed by atoms with Crippen LogP contribution in [0.25, 0.3) is 0 Å². The summed E-state index contributed by atoms with van der Waals surface area (Å²) in [7, 11) is 0. The summed E-state index contributed by atoms with van der Waals surface area (Å²) in [6.07, 6.45) is 0.884. The molecule has 2 atom stereocenters. The van der Waals surface area contributed by atoms with E-state index in [9.17, 15) is 4.79 Å². The average Bonchev–Trinajstić information content (AvgIpc) is 2.15. The van der Waals surface area contributed by atoms with E-state index in [1.54, 1.807) is 12.1 Å². The maximum Gasteiger partial charge on any atom is 0.252 e. The van der Waals surface area contributed by atoms with Gasteiger partial charge in [0.25, 0.3) is 5.91 Å². The van der Waals surface area contributed by atoms with Gasteiger partial charge in [0.15, 0.2) is 0 Å². The van der Waals surface area contributed by atoms with Gasteiger partial charge in [-0.25, -0.2) is 0 Å². The van der Waals surface area contributed by atoms with Gasteiger partial charge in [0.2, 0.25) is 0 Å². The van der Waals surface area contributed by atoms with E-state index in [-0.39, 0.29) is 11.9 Å². The number of rotatable bonds is 4. The van der Waals surface area contributed by atoms with E-state index in [1.807, 2.05) is 19.9 Å². The summed E-state index contributed by atoms with van der Waals surface area (Å²) in [4.78, 5) is 12.3. The summed E-state index contributed by atoms with van der Waals surface area (Å²) in [6, 6.07) is 5.57. The van der Waals surface area contributed by atoms with Gasteiger partial charge in [-0.05, 0) is 38.0 Å². The summed E-state index contributed by atoms with van der Waals surface area (Å²) in [5, 5.41) is 3.44. The van der Waals surface area contributed by atoms with Crippen LogP contribution in [0.2, 0.25) is 5.02 Å². The van der Waals surface area contributed by atoms with Crippen LogP contribution in [0, 0.1) is 6.92 Å². The fourth-order valence-corrected chi connectivity index (χ4v) is 2.53. The summed E-state index contributed by atoms with van der Waals surface area (Å²) >= 11 is 9.51. The second kappa shape index (κ2) is 6.41. The van der Waals surface area contributed by atoms with Crippen LogP contribution in [0.15, 0.2) is 18.2 Å². The van der Waals surface area contributed by atoms with Crippen molar-refractivity contribution in [3.63, 3.8) is 0 Å². The topological polar surface area (TPSA) is 29.1 Å². The number of aryl methyl sites for hydroxylation is 1. The molecule has 0 fully saturated rings. The Morgan fingerprint density at radius 2 is 2.12 bits per heavy atom. The smallest absolute Gasteiger partial charge is 0.252 e. The monoisotopic (exact) mass is 317 g/mol. The van der Waals surface area contributed by atoms with Crippen molar-refractivity contribution in [2.45, 2.75) is 38.1 Å². The lowest BCUT2D eigenvalue weighted by molar-refractivity contribution is 0.0939. The molecule has 0 aliphatic carbocycles. The highest BCUT2D eigenvalue weighted by Crippen LogP contribution is 2.18. The molecule has 2 unspecified atom stereocenters. The number of carbonyl (C=O) groups is 1. The molecule has 0 bridgehead atoms. The molecule has 1 amide bonds. The minimum absolute atomic E-state index is 0.115. The van der Waals surface area contributed by atoms with Gasteiger partial charge in [0, 0.05) is 10.9 Å². The van der Waals surface area contributed by atoms with Gasteiger partial charge in [0.1, 0.15) is 0 Å². The lowest BCUT2D eigenvalue weighted by atomic mass is 10.1. The number of carbonyl (C=O) groups excluding carboxylic acids is 1. The molecule has 1 rings (SSSR count). The van der Waals surface area contributed by atoms with E-state index in [2.05, 4.69) is 28.2 Å². The molecule has 0 aromatic heterocycles. The van der Waals surface area contributed by atoms with Crippen molar-refractivity contribution in [1.29, 1.82) is 0 Å².